The second-order valence-corrected chi connectivity index (χ2v) is 13.6. The van der Waals surface area contributed by atoms with Crippen LogP contribution >= 0.6 is 0 Å². The molecule has 0 amide bonds. The first-order valence-electron chi connectivity index (χ1n) is 14.8. The Morgan fingerprint density at radius 1 is 0.809 bits per heavy atom. The van der Waals surface area contributed by atoms with Crippen molar-refractivity contribution in [2.75, 3.05) is 12.0 Å². The summed E-state index contributed by atoms with van der Waals surface area (Å²) in [7, 11) is -3.23. The van der Waals surface area contributed by atoms with Gasteiger partial charge in [-0.25, -0.2) is 22.2 Å². The molecule has 0 fully saturated rings. The van der Waals surface area contributed by atoms with E-state index in [0.29, 0.717) is 52.0 Å². The van der Waals surface area contributed by atoms with Crippen molar-refractivity contribution < 1.29 is 17.2 Å². The molecule has 7 rings (SSSR count). The number of imidazole rings is 1. The van der Waals surface area contributed by atoms with E-state index in [9.17, 15) is 12.8 Å². The lowest BCUT2D eigenvalue weighted by molar-refractivity contribution is 0.600. The predicted molar refractivity (Wildman–Crippen MR) is 176 cm³/mol. The Bertz CT molecular complexity index is 2360. The van der Waals surface area contributed by atoms with Crippen molar-refractivity contribution in [1.29, 1.82) is 0 Å². The molecule has 0 radical (unpaired) electrons. The van der Waals surface area contributed by atoms with Crippen LogP contribution in [0.4, 0.5) is 8.78 Å². The summed E-state index contributed by atoms with van der Waals surface area (Å²) in [5.41, 5.74) is 5.64. The molecule has 47 heavy (non-hydrogen) atoms. The molecule has 2 aromatic carbocycles. The number of aryl methyl sites for hydroxylation is 1. The molecular formula is C34H28F2N8O2S. The van der Waals surface area contributed by atoms with Gasteiger partial charge in [0, 0.05) is 49.1 Å². The molecule has 0 saturated heterocycles. The number of aromatic nitrogens is 7. The van der Waals surface area contributed by atoms with Crippen LogP contribution in [0.3, 0.4) is 0 Å². The van der Waals surface area contributed by atoms with Crippen LogP contribution in [0.1, 0.15) is 16.7 Å². The lowest BCUT2D eigenvalue weighted by Crippen LogP contribution is -2.12. The normalized spacial score (nSPS) is 11.9. The molecule has 236 valence electrons. The summed E-state index contributed by atoms with van der Waals surface area (Å²) in [6, 6.07) is 17.9. The number of rotatable bonds is 10. The van der Waals surface area contributed by atoms with Crippen LogP contribution in [0.5, 0.6) is 0 Å². The first kappa shape index (κ1) is 30.3. The first-order valence-corrected chi connectivity index (χ1v) is 16.8. The van der Waals surface area contributed by atoms with E-state index in [0.717, 1.165) is 17.4 Å². The quantitative estimate of drug-likeness (QED) is 0.169. The van der Waals surface area contributed by atoms with E-state index < -0.39 is 21.5 Å². The van der Waals surface area contributed by atoms with E-state index in [-0.39, 0.29) is 34.8 Å². The number of aromatic amines is 2. The fraction of sp³-hybridized carbons (Fsp3) is 0.147. The number of halogens is 2. The van der Waals surface area contributed by atoms with E-state index in [2.05, 4.69) is 35.5 Å². The van der Waals surface area contributed by atoms with Gasteiger partial charge in [-0.3, -0.25) is 20.1 Å². The van der Waals surface area contributed by atoms with Gasteiger partial charge in [0.2, 0.25) is 0 Å². The fourth-order valence-corrected chi connectivity index (χ4v) is 6.11. The lowest BCUT2D eigenvalue weighted by Gasteiger charge is -2.08. The third-order valence-electron chi connectivity index (χ3n) is 7.73. The van der Waals surface area contributed by atoms with Crippen LogP contribution < -0.4 is 5.32 Å². The second kappa shape index (κ2) is 12.4. The first-order chi connectivity index (χ1) is 22.7. The van der Waals surface area contributed by atoms with Gasteiger partial charge in [0.25, 0.3) is 0 Å². The number of H-pyrrole nitrogens is 2. The molecular weight excluding hydrogens is 622 g/mol. The van der Waals surface area contributed by atoms with Gasteiger partial charge in [-0.05, 0) is 53.4 Å². The van der Waals surface area contributed by atoms with E-state index in [1.165, 1.54) is 18.3 Å². The van der Waals surface area contributed by atoms with Crippen LogP contribution in [0.15, 0.2) is 85.5 Å². The second-order valence-electron chi connectivity index (χ2n) is 11.3. The molecule has 0 spiro atoms. The van der Waals surface area contributed by atoms with E-state index in [1.807, 2.05) is 36.4 Å². The average Bonchev–Trinajstić information content (AvgIpc) is 3.69. The standard InChI is InChI=1S/C34H28F2N8O2S/c1-47(45,46)10-8-21-11-23(14-25(35)13-21)31-32-26(7-9-39-31)41-34(42-32)33-28-27(43-44-33)19-40-30(29(28)36)24-12-22(17-38-18-24)16-37-15-20-5-3-2-4-6-20/h2-7,9,11-14,17-19,37H,8,10,15-16H2,1H3,(H,41,42)(H,43,44). The number of nitrogens with zero attached hydrogens (tertiary/aromatic N) is 5. The van der Waals surface area contributed by atoms with Crippen molar-refractivity contribution in [3.63, 3.8) is 0 Å². The maximum absolute atomic E-state index is 16.3. The number of hydrogen-bond donors (Lipinski definition) is 3. The fourth-order valence-electron chi connectivity index (χ4n) is 5.50. The Balaban J connectivity index is 1.22. The highest BCUT2D eigenvalue weighted by atomic mass is 32.2. The topological polar surface area (TPSA) is 142 Å². The molecule has 0 aliphatic rings. The molecule has 0 aliphatic heterocycles. The third-order valence-corrected chi connectivity index (χ3v) is 8.68. The molecule has 7 aromatic rings. The van der Waals surface area contributed by atoms with Crippen molar-refractivity contribution in [2.45, 2.75) is 19.5 Å². The number of sulfone groups is 1. The summed E-state index contributed by atoms with van der Waals surface area (Å²) in [4.78, 5) is 21.1. The maximum atomic E-state index is 16.3. The summed E-state index contributed by atoms with van der Waals surface area (Å²) < 4.78 is 54.3. The molecule has 0 saturated carbocycles. The number of hydrogen-bond acceptors (Lipinski definition) is 8. The lowest BCUT2D eigenvalue weighted by atomic mass is 10.0. The summed E-state index contributed by atoms with van der Waals surface area (Å²) in [6.07, 6.45) is 7.67. The van der Waals surface area contributed by atoms with Gasteiger partial charge in [-0.1, -0.05) is 30.3 Å². The van der Waals surface area contributed by atoms with Gasteiger partial charge in [0.1, 0.15) is 32.6 Å². The highest BCUT2D eigenvalue weighted by Gasteiger charge is 2.22. The number of nitrogens with one attached hydrogen (secondary N) is 3. The molecule has 3 N–H and O–H groups in total. The number of benzene rings is 2. The number of pyridine rings is 3. The highest BCUT2D eigenvalue weighted by molar-refractivity contribution is 7.90. The zero-order valence-electron chi connectivity index (χ0n) is 25.1. The predicted octanol–water partition coefficient (Wildman–Crippen LogP) is 5.78. The smallest absolute Gasteiger partial charge is 0.161 e. The zero-order chi connectivity index (χ0) is 32.5. The van der Waals surface area contributed by atoms with E-state index in [1.54, 1.807) is 30.7 Å². The summed E-state index contributed by atoms with van der Waals surface area (Å²) in [5, 5.41) is 10.8. The van der Waals surface area contributed by atoms with Gasteiger partial charge < -0.3 is 10.3 Å². The Labute approximate surface area is 268 Å². The summed E-state index contributed by atoms with van der Waals surface area (Å²) >= 11 is 0. The minimum Gasteiger partial charge on any atom is -0.336 e. The van der Waals surface area contributed by atoms with Crippen molar-refractivity contribution in [3.05, 3.63) is 114 Å². The Morgan fingerprint density at radius 3 is 2.45 bits per heavy atom. The van der Waals surface area contributed by atoms with Crippen molar-refractivity contribution >= 4 is 31.8 Å². The minimum absolute atomic E-state index is 0.111. The molecule has 13 heteroatoms. The Hall–Kier alpha value is -5.40. The Kier molecular flexibility index (Phi) is 8.00. The molecule has 0 unspecified atom stereocenters. The van der Waals surface area contributed by atoms with E-state index in [4.69, 9.17) is 4.98 Å². The van der Waals surface area contributed by atoms with Crippen molar-refractivity contribution in [1.82, 2.24) is 40.4 Å². The van der Waals surface area contributed by atoms with Crippen LogP contribution in [-0.2, 0) is 29.3 Å². The average molecular weight is 651 g/mol. The molecule has 5 heterocycles. The van der Waals surface area contributed by atoms with Gasteiger partial charge in [-0.15, -0.1) is 0 Å². The van der Waals surface area contributed by atoms with Crippen LogP contribution in [0, 0.1) is 11.6 Å². The molecule has 0 bridgehead atoms. The van der Waals surface area contributed by atoms with E-state index >= 15 is 4.39 Å². The highest BCUT2D eigenvalue weighted by Crippen LogP contribution is 2.34. The molecule has 10 nitrogen and oxygen atoms in total. The third kappa shape index (κ3) is 6.48. The van der Waals surface area contributed by atoms with Crippen LogP contribution in [0.2, 0.25) is 0 Å². The molecule has 5 aromatic heterocycles. The van der Waals surface area contributed by atoms with Gasteiger partial charge in [-0.2, -0.15) is 5.10 Å². The van der Waals surface area contributed by atoms with Crippen LogP contribution in [-0.4, -0.2) is 55.5 Å². The largest absolute Gasteiger partial charge is 0.336 e. The van der Waals surface area contributed by atoms with Gasteiger partial charge in [0.05, 0.1) is 34.1 Å². The summed E-state index contributed by atoms with van der Waals surface area (Å²) in [5.74, 6) is -0.934. The Morgan fingerprint density at radius 2 is 1.62 bits per heavy atom. The van der Waals surface area contributed by atoms with Crippen LogP contribution in [0.25, 0.3) is 56.0 Å². The maximum Gasteiger partial charge on any atom is 0.161 e. The zero-order valence-corrected chi connectivity index (χ0v) is 25.9. The number of fused-ring (bicyclic) bond motifs is 2. The van der Waals surface area contributed by atoms with Gasteiger partial charge >= 0.3 is 0 Å². The summed E-state index contributed by atoms with van der Waals surface area (Å²) in [6.45, 7) is 1.22. The van der Waals surface area contributed by atoms with Crippen molar-refractivity contribution in [2.24, 2.45) is 0 Å². The molecule has 0 atom stereocenters. The SMILES string of the molecule is CS(=O)(=O)CCc1cc(F)cc(-c2nccc3[nH]c(-c4n[nH]c5cnc(-c6cncc(CNCc7ccccc7)c6)c(F)c45)nc23)c1. The van der Waals surface area contributed by atoms with Crippen molar-refractivity contribution in [3.8, 4) is 34.0 Å². The minimum atomic E-state index is -3.23. The monoisotopic (exact) mass is 650 g/mol. The van der Waals surface area contributed by atoms with Gasteiger partial charge in [0.15, 0.2) is 11.6 Å². The molecule has 0 aliphatic carbocycles.